The number of ether oxygens (including phenoxy) is 1. The first-order valence-corrected chi connectivity index (χ1v) is 7.39. The van der Waals surface area contributed by atoms with E-state index in [9.17, 15) is 4.79 Å². The Morgan fingerprint density at radius 2 is 1.91 bits per heavy atom. The van der Waals surface area contributed by atoms with Crippen LogP contribution in [0.15, 0.2) is 16.7 Å². The summed E-state index contributed by atoms with van der Waals surface area (Å²) < 4.78 is 10.8. The second-order valence-electron chi connectivity index (χ2n) is 6.27. The Balaban J connectivity index is 2.45. The highest BCUT2D eigenvalue weighted by Gasteiger charge is 2.27. The third-order valence-electron chi connectivity index (χ3n) is 3.27. The highest BCUT2D eigenvalue weighted by Crippen LogP contribution is 2.27. The van der Waals surface area contributed by atoms with Gasteiger partial charge in [0.1, 0.15) is 16.9 Å². The Kier molecular flexibility index (Phi) is 4.35. The Morgan fingerprint density at radius 1 is 1.23 bits per heavy atom. The number of nitrogens with zero attached hydrogens (tertiary/aromatic N) is 2. The van der Waals surface area contributed by atoms with Crippen LogP contribution in [-0.2, 0) is 11.2 Å². The first-order valence-electron chi connectivity index (χ1n) is 7.39. The number of hydrogen-bond acceptors (Lipinski definition) is 5. The number of aromatic nitrogens is 2. The van der Waals surface area contributed by atoms with Crippen LogP contribution in [0.3, 0.4) is 0 Å². The van der Waals surface area contributed by atoms with Crippen molar-refractivity contribution in [3.63, 3.8) is 0 Å². The van der Waals surface area contributed by atoms with E-state index < -0.39 is 11.6 Å². The maximum Gasteiger partial charge on any atom is 0.344 e. The molecule has 5 nitrogen and oxygen atoms in total. The number of pyridine rings is 1. The number of rotatable bonds is 3. The van der Waals surface area contributed by atoms with Gasteiger partial charge in [-0.25, -0.2) is 9.78 Å². The molecule has 0 saturated carbocycles. The molecule has 0 unspecified atom stereocenters. The molecule has 2 aromatic rings. The Hall–Kier alpha value is -2.17. The van der Waals surface area contributed by atoms with E-state index in [1.54, 1.807) is 6.92 Å². The van der Waals surface area contributed by atoms with Gasteiger partial charge in [0, 0.05) is 5.69 Å². The molecular weight excluding hydrogens is 280 g/mol. The standard InChI is InChI=1S/C17H22N2O3/c1-7-12-8-9-13(18-10(12)2)15-14(11(3)19-22-15)16(20)21-17(4,5)6/h8-9H,7H2,1-6H3. The number of hydrogen-bond donors (Lipinski definition) is 0. The first kappa shape index (κ1) is 16.2. The van der Waals surface area contributed by atoms with E-state index in [4.69, 9.17) is 9.26 Å². The van der Waals surface area contributed by atoms with Crippen LogP contribution >= 0.6 is 0 Å². The SMILES string of the molecule is CCc1ccc(-c2onc(C)c2C(=O)OC(C)(C)C)nc1C. The molecule has 0 fully saturated rings. The fraction of sp³-hybridized carbons (Fsp3) is 0.471. The predicted molar refractivity (Wildman–Crippen MR) is 83.8 cm³/mol. The minimum atomic E-state index is -0.576. The van der Waals surface area contributed by atoms with Gasteiger partial charge in [0.05, 0.1) is 5.69 Å². The molecule has 0 bridgehead atoms. The lowest BCUT2D eigenvalue weighted by Gasteiger charge is -2.19. The summed E-state index contributed by atoms with van der Waals surface area (Å²) in [6, 6.07) is 3.84. The molecule has 2 heterocycles. The zero-order valence-electron chi connectivity index (χ0n) is 14.0. The molecule has 0 aliphatic carbocycles. The molecule has 118 valence electrons. The summed E-state index contributed by atoms with van der Waals surface area (Å²) in [4.78, 5) is 16.9. The van der Waals surface area contributed by atoms with Gasteiger partial charge in [0.2, 0.25) is 0 Å². The molecule has 2 rings (SSSR count). The molecule has 0 aliphatic rings. The van der Waals surface area contributed by atoms with Gasteiger partial charge >= 0.3 is 5.97 Å². The summed E-state index contributed by atoms with van der Waals surface area (Å²) in [5.74, 6) is -0.0854. The van der Waals surface area contributed by atoms with Gasteiger partial charge in [-0.3, -0.25) is 0 Å². The monoisotopic (exact) mass is 302 g/mol. The summed E-state index contributed by atoms with van der Waals surface area (Å²) in [5.41, 5.74) is 2.95. The zero-order chi connectivity index (χ0) is 16.5. The lowest BCUT2D eigenvalue weighted by atomic mass is 10.1. The molecule has 5 heteroatoms. The minimum Gasteiger partial charge on any atom is -0.456 e. The molecule has 22 heavy (non-hydrogen) atoms. The first-order chi connectivity index (χ1) is 10.2. The van der Waals surface area contributed by atoms with Crippen molar-refractivity contribution in [2.75, 3.05) is 0 Å². The van der Waals surface area contributed by atoms with Gasteiger partial charge < -0.3 is 9.26 Å². The van der Waals surface area contributed by atoms with Gasteiger partial charge in [-0.1, -0.05) is 18.1 Å². The van der Waals surface area contributed by atoms with Crippen LogP contribution in [0, 0.1) is 13.8 Å². The Bertz CT molecular complexity index is 696. The van der Waals surface area contributed by atoms with Crippen molar-refractivity contribution < 1.29 is 14.1 Å². The van der Waals surface area contributed by atoms with Crippen molar-refractivity contribution >= 4 is 5.97 Å². The van der Waals surface area contributed by atoms with Crippen LogP contribution < -0.4 is 0 Å². The zero-order valence-corrected chi connectivity index (χ0v) is 14.0. The van der Waals surface area contributed by atoms with Crippen LogP contribution in [0.25, 0.3) is 11.5 Å². The van der Waals surface area contributed by atoms with Crippen LogP contribution in [0.2, 0.25) is 0 Å². The Labute approximate surface area is 130 Å². The topological polar surface area (TPSA) is 65.2 Å². The third-order valence-corrected chi connectivity index (χ3v) is 3.27. The molecule has 0 N–H and O–H groups in total. The fourth-order valence-electron chi connectivity index (χ4n) is 2.20. The van der Waals surface area contributed by atoms with Crippen LogP contribution in [0.5, 0.6) is 0 Å². The van der Waals surface area contributed by atoms with Gasteiger partial charge in [-0.2, -0.15) is 0 Å². The quantitative estimate of drug-likeness (QED) is 0.805. The van der Waals surface area contributed by atoms with Gasteiger partial charge in [-0.05, 0) is 52.7 Å². The van der Waals surface area contributed by atoms with Crippen molar-refractivity contribution in [1.82, 2.24) is 10.1 Å². The lowest BCUT2D eigenvalue weighted by molar-refractivity contribution is 0.00692. The largest absolute Gasteiger partial charge is 0.456 e. The molecule has 0 saturated heterocycles. The number of aryl methyl sites for hydroxylation is 3. The lowest BCUT2D eigenvalue weighted by Crippen LogP contribution is -2.24. The van der Waals surface area contributed by atoms with Crippen LogP contribution in [-0.4, -0.2) is 21.7 Å². The average molecular weight is 302 g/mol. The Morgan fingerprint density at radius 3 is 2.45 bits per heavy atom. The third kappa shape index (κ3) is 3.35. The van der Waals surface area contributed by atoms with E-state index in [0.29, 0.717) is 22.7 Å². The van der Waals surface area contributed by atoms with Gasteiger partial charge in [-0.15, -0.1) is 0 Å². The summed E-state index contributed by atoms with van der Waals surface area (Å²) >= 11 is 0. The second kappa shape index (κ2) is 5.91. The summed E-state index contributed by atoms with van der Waals surface area (Å²) in [6.07, 6.45) is 0.910. The van der Waals surface area contributed by atoms with Crippen molar-refractivity contribution in [2.24, 2.45) is 0 Å². The van der Waals surface area contributed by atoms with Crippen molar-refractivity contribution in [2.45, 2.75) is 53.6 Å². The van der Waals surface area contributed by atoms with E-state index in [2.05, 4.69) is 17.1 Å². The van der Waals surface area contributed by atoms with E-state index >= 15 is 0 Å². The highest BCUT2D eigenvalue weighted by molar-refractivity contribution is 5.96. The van der Waals surface area contributed by atoms with Crippen LogP contribution in [0.4, 0.5) is 0 Å². The van der Waals surface area contributed by atoms with Gasteiger partial charge in [0.25, 0.3) is 0 Å². The molecule has 0 radical (unpaired) electrons. The number of carbonyl (C=O) groups is 1. The minimum absolute atomic E-state index is 0.339. The van der Waals surface area contributed by atoms with E-state index in [-0.39, 0.29) is 0 Å². The van der Waals surface area contributed by atoms with E-state index in [1.165, 1.54) is 5.56 Å². The number of esters is 1. The predicted octanol–water partition coefficient (Wildman–Crippen LogP) is 3.87. The smallest absolute Gasteiger partial charge is 0.344 e. The van der Waals surface area contributed by atoms with Crippen molar-refractivity contribution in [1.29, 1.82) is 0 Å². The van der Waals surface area contributed by atoms with Crippen molar-refractivity contribution in [3.8, 4) is 11.5 Å². The van der Waals surface area contributed by atoms with Crippen molar-refractivity contribution in [3.05, 3.63) is 34.6 Å². The normalized spacial score (nSPS) is 11.5. The molecule has 0 aliphatic heterocycles. The number of carbonyl (C=O) groups excluding carboxylic acids is 1. The molecular formula is C17H22N2O3. The summed E-state index contributed by atoms with van der Waals surface area (Å²) in [5, 5.41) is 3.90. The maximum atomic E-state index is 12.4. The molecule has 0 atom stereocenters. The highest BCUT2D eigenvalue weighted by atomic mass is 16.6. The molecule has 2 aromatic heterocycles. The van der Waals surface area contributed by atoms with Gasteiger partial charge in [0.15, 0.2) is 5.76 Å². The second-order valence-corrected chi connectivity index (χ2v) is 6.27. The fourth-order valence-corrected chi connectivity index (χ4v) is 2.20. The van der Waals surface area contributed by atoms with Crippen LogP contribution in [0.1, 0.15) is 55.0 Å². The molecule has 0 aromatic carbocycles. The summed E-state index contributed by atoms with van der Waals surface area (Å²) in [7, 11) is 0. The summed E-state index contributed by atoms with van der Waals surface area (Å²) in [6.45, 7) is 11.2. The van der Waals surface area contributed by atoms with E-state index in [0.717, 1.165) is 12.1 Å². The average Bonchev–Trinajstić information content (AvgIpc) is 2.78. The molecule has 0 spiro atoms. The van der Waals surface area contributed by atoms with E-state index in [1.807, 2.05) is 39.8 Å². The maximum absolute atomic E-state index is 12.4. The molecule has 0 amide bonds.